The van der Waals surface area contributed by atoms with Gasteiger partial charge in [0, 0.05) is 13.1 Å². The molecule has 1 fully saturated rings. The molecule has 2 aliphatic heterocycles. The van der Waals surface area contributed by atoms with Crippen LogP contribution in [0.2, 0.25) is 5.02 Å². The second-order valence-corrected chi connectivity index (χ2v) is 10.9. The van der Waals surface area contributed by atoms with E-state index in [2.05, 4.69) is 14.9 Å². The third-order valence-corrected chi connectivity index (χ3v) is 7.23. The van der Waals surface area contributed by atoms with Crippen LogP contribution in [0.5, 0.6) is 11.5 Å². The van der Waals surface area contributed by atoms with Crippen LogP contribution in [0.15, 0.2) is 53.7 Å². The smallest absolute Gasteiger partial charge is 0.225 e. The minimum Gasteiger partial charge on any atom is -0.490 e. The molecule has 1 aromatic heterocycles. The number of hydrogen-bond acceptors (Lipinski definition) is 6. The van der Waals surface area contributed by atoms with Gasteiger partial charge in [-0.1, -0.05) is 35.5 Å². The Morgan fingerprint density at radius 3 is 2.55 bits per heavy atom. The van der Waals surface area contributed by atoms with Gasteiger partial charge in [-0.05, 0) is 68.0 Å². The molecule has 33 heavy (non-hydrogen) atoms. The van der Waals surface area contributed by atoms with E-state index in [1.165, 1.54) is 6.07 Å². The molecule has 0 unspecified atom stereocenters. The largest absolute Gasteiger partial charge is 0.490 e. The fourth-order valence-corrected chi connectivity index (χ4v) is 5.27. The quantitative estimate of drug-likeness (QED) is 0.413. The monoisotopic (exact) mass is 485 g/mol. The van der Waals surface area contributed by atoms with Gasteiger partial charge < -0.3 is 14.4 Å². The number of aromatic nitrogens is 2. The Labute approximate surface area is 202 Å². The van der Waals surface area contributed by atoms with Crippen LogP contribution in [-0.4, -0.2) is 34.6 Å². The predicted molar refractivity (Wildman–Crippen MR) is 130 cm³/mol. The van der Waals surface area contributed by atoms with Crippen LogP contribution in [0.1, 0.15) is 26.7 Å². The lowest BCUT2D eigenvalue weighted by Crippen LogP contribution is -2.36. The highest BCUT2D eigenvalue weighted by atomic mass is 35.5. The highest BCUT2D eigenvalue weighted by Crippen LogP contribution is 2.48. The summed E-state index contributed by atoms with van der Waals surface area (Å²) in [4.78, 5) is 11.5. The van der Waals surface area contributed by atoms with E-state index in [4.69, 9.17) is 21.1 Å². The number of hydrogen-bond donors (Lipinski definition) is 0. The molecule has 0 bridgehead atoms. The number of piperidine rings is 1. The van der Waals surface area contributed by atoms with Crippen molar-refractivity contribution in [2.75, 3.05) is 24.6 Å². The first-order valence-corrected chi connectivity index (χ1v) is 12.2. The minimum absolute atomic E-state index is 0.276. The summed E-state index contributed by atoms with van der Waals surface area (Å²) in [5.74, 6) is 1.84. The van der Waals surface area contributed by atoms with Crippen molar-refractivity contribution in [1.82, 2.24) is 9.97 Å². The van der Waals surface area contributed by atoms with Crippen molar-refractivity contribution in [1.29, 1.82) is 0 Å². The number of nitrogens with zero attached hydrogens (tertiary/aromatic N) is 3. The molecule has 8 heteroatoms. The average Bonchev–Trinajstić information content (AvgIpc) is 3.12. The Morgan fingerprint density at radius 2 is 1.82 bits per heavy atom. The highest BCUT2D eigenvalue weighted by molar-refractivity contribution is 8.00. The highest BCUT2D eigenvalue weighted by Gasteiger charge is 2.31. The van der Waals surface area contributed by atoms with Crippen LogP contribution >= 0.6 is 23.4 Å². The summed E-state index contributed by atoms with van der Waals surface area (Å²) in [7, 11) is 0. The summed E-state index contributed by atoms with van der Waals surface area (Å²) in [6, 6.07) is 11.2. The van der Waals surface area contributed by atoms with Crippen molar-refractivity contribution in [3.05, 3.63) is 59.6 Å². The number of anilines is 1. The molecule has 0 saturated carbocycles. The molecule has 5 nitrogen and oxygen atoms in total. The van der Waals surface area contributed by atoms with E-state index in [1.807, 2.05) is 38.1 Å². The first-order chi connectivity index (χ1) is 15.9. The van der Waals surface area contributed by atoms with Crippen molar-refractivity contribution in [3.63, 3.8) is 0 Å². The summed E-state index contributed by atoms with van der Waals surface area (Å²) in [6.45, 7) is 6.25. The Bertz CT molecular complexity index is 1150. The fraction of sp³-hybridized carbons (Fsp3) is 0.360. The van der Waals surface area contributed by atoms with Gasteiger partial charge in [-0.15, -0.1) is 0 Å². The maximum absolute atomic E-state index is 14.8. The molecule has 5 rings (SSSR count). The third kappa shape index (κ3) is 5.04. The number of benzene rings is 2. The topological polar surface area (TPSA) is 47.5 Å². The molecule has 0 atom stereocenters. The average molecular weight is 486 g/mol. The van der Waals surface area contributed by atoms with Gasteiger partial charge in [0.15, 0.2) is 16.5 Å². The van der Waals surface area contributed by atoms with Gasteiger partial charge in [0.05, 0.1) is 28.9 Å². The van der Waals surface area contributed by atoms with Crippen LogP contribution < -0.4 is 14.4 Å². The first kappa shape index (κ1) is 22.3. The summed E-state index contributed by atoms with van der Waals surface area (Å²) < 4.78 is 26.6. The molecule has 0 amide bonds. The van der Waals surface area contributed by atoms with Gasteiger partial charge in [0.2, 0.25) is 5.95 Å². The standard InChI is InChI=1S/C25H25ClFN3O2S/c1-25(2)32-22-12-18(4-6-23(22)33-25)17-3-5-21(20(27)11-17)31-15-16-7-9-30(10-8-16)24-28-13-19(26)14-29-24/h3-6,11-14,16H,7-10,15H2,1-2H3. The van der Waals surface area contributed by atoms with Crippen LogP contribution in [0.4, 0.5) is 10.3 Å². The zero-order valence-corrected chi connectivity index (χ0v) is 20.1. The van der Waals surface area contributed by atoms with Crippen LogP contribution in [0.3, 0.4) is 0 Å². The molecular formula is C25H25ClFN3O2S. The van der Waals surface area contributed by atoms with Crippen molar-refractivity contribution >= 4 is 29.3 Å². The zero-order chi connectivity index (χ0) is 23.0. The zero-order valence-electron chi connectivity index (χ0n) is 18.6. The number of ether oxygens (including phenoxy) is 2. The molecule has 172 valence electrons. The molecule has 0 N–H and O–H groups in total. The van der Waals surface area contributed by atoms with E-state index in [0.29, 0.717) is 23.5 Å². The van der Waals surface area contributed by atoms with Crippen LogP contribution in [0.25, 0.3) is 11.1 Å². The summed E-state index contributed by atoms with van der Waals surface area (Å²) in [6.07, 6.45) is 5.10. The van der Waals surface area contributed by atoms with E-state index < -0.39 is 0 Å². The molecule has 2 aromatic carbocycles. The van der Waals surface area contributed by atoms with Gasteiger partial charge in [0.1, 0.15) is 5.75 Å². The van der Waals surface area contributed by atoms with Crippen molar-refractivity contribution in [2.24, 2.45) is 5.92 Å². The summed E-state index contributed by atoms with van der Waals surface area (Å²) in [5, 5.41) is 0.530. The van der Waals surface area contributed by atoms with Crippen molar-refractivity contribution < 1.29 is 13.9 Å². The van der Waals surface area contributed by atoms with Gasteiger partial charge in [-0.3, -0.25) is 0 Å². The third-order valence-electron chi connectivity index (χ3n) is 5.90. The first-order valence-electron chi connectivity index (χ1n) is 11.0. The predicted octanol–water partition coefficient (Wildman–Crippen LogP) is 6.45. The maximum Gasteiger partial charge on any atom is 0.225 e. The Morgan fingerprint density at radius 1 is 1.12 bits per heavy atom. The van der Waals surface area contributed by atoms with Crippen molar-refractivity contribution in [3.8, 4) is 22.6 Å². The fourth-order valence-electron chi connectivity index (χ4n) is 4.18. The normalized spacial score (nSPS) is 17.5. The van der Waals surface area contributed by atoms with Gasteiger partial charge in [0.25, 0.3) is 0 Å². The van der Waals surface area contributed by atoms with Crippen LogP contribution in [0, 0.1) is 11.7 Å². The Balaban J connectivity index is 1.18. The van der Waals surface area contributed by atoms with Gasteiger partial charge in [-0.2, -0.15) is 0 Å². The molecule has 3 heterocycles. The second-order valence-electron chi connectivity index (χ2n) is 8.85. The minimum atomic E-state index is -0.351. The lowest BCUT2D eigenvalue weighted by Gasteiger charge is -2.31. The SMILES string of the molecule is CC1(C)Oc2cc(-c3ccc(OCC4CCN(c5ncc(Cl)cn5)CC4)c(F)c3)ccc2S1. The van der Waals surface area contributed by atoms with E-state index >= 15 is 0 Å². The lowest BCUT2D eigenvalue weighted by atomic mass is 9.98. The van der Waals surface area contributed by atoms with Gasteiger partial charge >= 0.3 is 0 Å². The van der Waals surface area contributed by atoms with E-state index in [0.717, 1.165) is 47.7 Å². The molecular weight excluding hydrogens is 461 g/mol. The number of thioether (sulfide) groups is 1. The molecule has 1 saturated heterocycles. The van der Waals surface area contributed by atoms with E-state index in [1.54, 1.807) is 30.2 Å². The molecule has 2 aliphatic rings. The molecule has 0 radical (unpaired) electrons. The van der Waals surface area contributed by atoms with E-state index in [-0.39, 0.29) is 16.5 Å². The molecule has 0 aliphatic carbocycles. The van der Waals surface area contributed by atoms with E-state index in [9.17, 15) is 4.39 Å². The number of rotatable bonds is 5. The Kier molecular flexibility index (Phi) is 6.10. The molecule has 3 aromatic rings. The number of fused-ring (bicyclic) bond motifs is 1. The van der Waals surface area contributed by atoms with Crippen LogP contribution in [-0.2, 0) is 0 Å². The number of halogens is 2. The lowest BCUT2D eigenvalue weighted by molar-refractivity contribution is 0.215. The summed E-state index contributed by atoms with van der Waals surface area (Å²) >= 11 is 7.56. The molecule has 0 spiro atoms. The second kappa shape index (κ2) is 9.03. The Hall–Kier alpha value is -2.51. The van der Waals surface area contributed by atoms with Gasteiger partial charge in [-0.25, -0.2) is 14.4 Å². The summed E-state index contributed by atoms with van der Waals surface area (Å²) in [5.41, 5.74) is 1.73. The maximum atomic E-state index is 14.8. The van der Waals surface area contributed by atoms with Crippen molar-refractivity contribution in [2.45, 2.75) is 36.5 Å².